The molecule has 6 bridgehead atoms. The second kappa shape index (κ2) is 19.0. The van der Waals surface area contributed by atoms with E-state index in [-0.39, 0.29) is 60.4 Å². The Morgan fingerprint density at radius 1 is 1.03 bits per heavy atom. The second-order valence-electron chi connectivity index (χ2n) is 22.4. The van der Waals surface area contributed by atoms with Gasteiger partial charge >= 0.3 is 5.97 Å². The Labute approximate surface area is 415 Å². The first-order valence-electron chi connectivity index (χ1n) is 26.1. The molecule has 3 aromatic heterocycles. The molecule has 7 aliphatic rings. The molecule has 16 heteroatoms. The highest BCUT2D eigenvalue weighted by Gasteiger charge is 2.57. The number of amides is 3. The van der Waals surface area contributed by atoms with Gasteiger partial charge in [0.25, 0.3) is 11.8 Å². The van der Waals surface area contributed by atoms with Crippen molar-refractivity contribution < 1.29 is 33.4 Å². The topological polar surface area (TPSA) is 164 Å². The summed E-state index contributed by atoms with van der Waals surface area (Å²) >= 11 is 1.50. The monoisotopic (exact) mass is 975 g/mol. The van der Waals surface area contributed by atoms with E-state index in [0.717, 1.165) is 127 Å². The number of aromatic nitrogens is 3. The van der Waals surface area contributed by atoms with Crippen molar-refractivity contribution in [3.05, 3.63) is 58.2 Å². The summed E-state index contributed by atoms with van der Waals surface area (Å²) in [6.07, 6.45) is 11.6. The number of rotatable bonds is 10. The van der Waals surface area contributed by atoms with Crippen molar-refractivity contribution in [2.45, 2.75) is 148 Å². The highest BCUT2D eigenvalue weighted by molar-refractivity contribution is 7.10. The zero-order chi connectivity index (χ0) is 48.5. The maximum absolute atomic E-state index is 15.1. The van der Waals surface area contributed by atoms with Crippen molar-refractivity contribution in [3.63, 3.8) is 0 Å². The van der Waals surface area contributed by atoms with E-state index in [0.29, 0.717) is 38.3 Å². The maximum atomic E-state index is 15.1. The highest BCUT2D eigenvalue weighted by atomic mass is 32.1. The molecule has 2 N–H and O–H groups in total. The number of nitrogens with one attached hydrogen (secondary N) is 2. The molecule has 1 spiro atoms. The lowest BCUT2D eigenvalue weighted by atomic mass is 9.84. The number of ether oxygens (including phenoxy) is 3. The number of cyclic esters (lactones) is 1. The number of hydrogen-bond acceptors (Lipinski definition) is 12. The van der Waals surface area contributed by atoms with Gasteiger partial charge in [0.15, 0.2) is 6.10 Å². The van der Waals surface area contributed by atoms with Gasteiger partial charge in [-0.2, -0.15) is 0 Å². The van der Waals surface area contributed by atoms with Crippen LogP contribution in [0.3, 0.4) is 0 Å². The molecule has 4 aromatic rings. The molecule has 2 saturated carbocycles. The minimum Gasteiger partial charge on any atom is -0.464 e. The number of epoxide rings is 1. The first-order valence-corrected chi connectivity index (χ1v) is 27.0. The molecule has 2 aliphatic carbocycles. The maximum Gasteiger partial charge on any atom is 0.324 e. The van der Waals surface area contributed by atoms with Crippen LogP contribution in [0.2, 0.25) is 0 Å². The van der Waals surface area contributed by atoms with E-state index in [1.165, 1.54) is 16.3 Å². The number of nitrogens with zero attached hydrogens (tertiary/aromatic N) is 6. The van der Waals surface area contributed by atoms with Crippen molar-refractivity contribution in [1.29, 1.82) is 0 Å². The summed E-state index contributed by atoms with van der Waals surface area (Å²) in [7, 11) is 1.71. The third kappa shape index (κ3) is 9.20. The van der Waals surface area contributed by atoms with Crippen LogP contribution in [0.5, 0.6) is 0 Å². The molecule has 15 nitrogen and oxygen atoms in total. The zero-order valence-corrected chi connectivity index (χ0v) is 42.4. The highest BCUT2D eigenvalue weighted by Crippen LogP contribution is 2.48. The third-order valence-corrected chi connectivity index (χ3v) is 17.6. The molecule has 5 aliphatic heterocycles. The molecule has 70 heavy (non-hydrogen) atoms. The predicted octanol–water partition coefficient (Wildman–Crippen LogP) is 6.86. The van der Waals surface area contributed by atoms with Gasteiger partial charge in [-0.05, 0) is 120 Å². The number of thiazole rings is 1. The normalized spacial score (nSPS) is 28.3. The molecule has 11 rings (SSSR count). The third-order valence-electron chi connectivity index (χ3n) is 16.7. The fourth-order valence-electron chi connectivity index (χ4n) is 12.7. The van der Waals surface area contributed by atoms with Gasteiger partial charge in [-0.3, -0.25) is 34.1 Å². The van der Waals surface area contributed by atoms with E-state index < -0.39 is 29.5 Å². The lowest BCUT2D eigenvalue weighted by molar-refractivity contribution is -0.155. The van der Waals surface area contributed by atoms with Gasteiger partial charge in [-0.1, -0.05) is 32.8 Å². The smallest absolute Gasteiger partial charge is 0.324 e. The van der Waals surface area contributed by atoms with Crippen LogP contribution in [0.15, 0.2) is 41.9 Å². The van der Waals surface area contributed by atoms with E-state index in [4.69, 9.17) is 24.2 Å². The molecule has 374 valence electrons. The van der Waals surface area contributed by atoms with Crippen LogP contribution in [0, 0.1) is 22.7 Å². The van der Waals surface area contributed by atoms with Gasteiger partial charge in [0.1, 0.15) is 12.1 Å². The van der Waals surface area contributed by atoms with Crippen LogP contribution in [0.4, 0.5) is 0 Å². The zero-order valence-electron chi connectivity index (χ0n) is 41.5. The van der Waals surface area contributed by atoms with E-state index in [9.17, 15) is 14.4 Å². The van der Waals surface area contributed by atoms with Crippen molar-refractivity contribution in [2.24, 2.45) is 22.7 Å². The van der Waals surface area contributed by atoms with Crippen LogP contribution in [0.25, 0.3) is 33.4 Å². The van der Waals surface area contributed by atoms with Crippen molar-refractivity contribution in [3.8, 4) is 22.5 Å². The number of pyridine rings is 1. The summed E-state index contributed by atoms with van der Waals surface area (Å²) in [6, 6.07) is 8.57. The summed E-state index contributed by atoms with van der Waals surface area (Å²) in [5, 5.41) is 8.74. The average Bonchev–Trinajstić information content (AvgIpc) is 4.02. The first-order chi connectivity index (χ1) is 33.8. The molecule has 6 fully saturated rings. The molecule has 3 amide bonds. The van der Waals surface area contributed by atoms with Gasteiger partial charge in [-0.15, -0.1) is 11.3 Å². The number of carbonyl (C=O) groups excluding carboxylic acids is 4. The number of esters is 1. The number of fused-ring (bicyclic) bond motifs is 6. The van der Waals surface area contributed by atoms with Gasteiger partial charge in [0.05, 0.1) is 46.9 Å². The number of aryl methyl sites for hydroxylation is 1. The Kier molecular flexibility index (Phi) is 12.9. The predicted molar refractivity (Wildman–Crippen MR) is 266 cm³/mol. The molecule has 2 unspecified atom stereocenters. The fraction of sp³-hybridized carbons (Fsp3) is 0.630. The van der Waals surface area contributed by atoms with Gasteiger partial charge in [0, 0.05) is 90.7 Å². The Balaban J connectivity index is 0.908. The number of methoxy groups -OCH3 is 1. The molecule has 0 radical (unpaired) electrons. The van der Waals surface area contributed by atoms with Crippen molar-refractivity contribution in [1.82, 2.24) is 40.1 Å². The quantitative estimate of drug-likeness (QED) is 0.126. The summed E-state index contributed by atoms with van der Waals surface area (Å²) in [4.78, 5) is 72.0. The Morgan fingerprint density at radius 2 is 1.84 bits per heavy atom. The number of benzene rings is 1. The number of hydrazine groups is 1. The van der Waals surface area contributed by atoms with E-state index >= 15 is 4.79 Å². The van der Waals surface area contributed by atoms with Gasteiger partial charge in [-0.25, -0.2) is 10.4 Å². The summed E-state index contributed by atoms with van der Waals surface area (Å²) in [5.74, 6) is 0.0370. The number of carbonyl (C=O) groups is 4. The first kappa shape index (κ1) is 47.6. The van der Waals surface area contributed by atoms with Crippen molar-refractivity contribution >= 4 is 45.9 Å². The molecule has 1 aromatic carbocycles. The van der Waals surface area contributed by atoms with E-state index in [2.05, 4.69) is 70.6 Å². The lowest BCUT2D eigenvalue weighted by Gasteiger charge is -2.37. The largest absolute Gasteiger partial charge is 0.464 e. The minimum absolute atomic E-state index is 0.0604. The molecule has 7 atom stereocenters. The number of hydrogen-bond donors (Lipinski definition) is 2. The van der Waals surface area contributed by atoms with E-state index in [1.807, 2.05) is 24.1 Å². The Morgan fingerprint density at radius 3 is 2.63 bits per heavy atom. The van der Waals surface area contributed by atoms with Crippen LogP contribution in [0.1, 0.15) is 114 Å². The summed E-state index contributed by atoms with van der Waals surface area (Å²) in [5.41, 5.74) is 9.63. The SMILES string of the molecule is CCn1c(-c2cccnc2[C@H](C)OC)c2c3cc(ccc31)-c1csc(n1)C[C@H](NC(=O)C(C1CCCC1)N1CC[C@]3(CCN(C(=O)[C@@H]4OC4C4CC4)C3)C1)C(=O)N1CCC[C@H](N1)C(=O)OCC(C)(C)C2. The van der Waals surface area contributed by atoms with E-state index in [1.54, 1.807) is 7.11 Å². The molecular weight excluding hydrogens is 905 g/mol. The van der Waals surface area contributed by atoms with Crippen LogP contribution in [-0.2, 0) is 52.8 Å². The van der Waals surface area contributed by atoms with Crippen LogP contribution < -0.4 is 10.7 Å². The fourth-order valence-corrected chi connectivity index (χ4v) is 13.6. The number of likely N-dealkylation sites (tertiary alicyclic amines) is 2. The Bertz CT molecular complexity index is 2660. The standard InChI is InChI=1S/C54H70N8O7S/c1-6-61-42-18-17-35-25-37(42)38(46(61)36-13-9-21-55-44(36)32(2)67-5)27-53(3,4)31-68-52(66)39-14-10-22-62(58-39)50(64)40(26-43-56-41(35)28-70-43)57-49(63)45(33-11-7-8-12-33)59-23-19-54(29-59)20-24-60(30-54)51(65)48-47(69-48)34-15-16-34/h9,13,17-18,21,25,28,32-34,39-40,45,47-48,58H,6-8,10-12,14-16,19-20,22-24,26-27,29-31H2,1-5H3,(H,57,63)/t32-,39-,40-,45?,47?,48+,54-/m0/s1. The van der Waals surface area contributed by atoms with Gasteiger partial charge in [0.2, 0.25) is 5.91 Å². The molecule has 8 heterocycles. The molecular formula is C54H70N8O7S. The Hall–Kier alpha value is -4.74. The summed E-state index contributed by atoms with van der Waals surface area (Å²) < 4.78 is 20.2. The molecule has 4 saturated heterocycles. The minimum atomic E-state index is -0.928. The lowest BCUT2D eigenvalue weighted by Crippen LogP contribution is -2.62. The second-order valence-corrected chi connectivity index (χ2v) is 23.3. The van der Waals surface area contributed by atoms with Crippen LogP contribution in [-0.4, -0.2) is 130 Å². The summed E-state index contributed by atoms with van der Waals surface area (Å²) in [6.45, 7) is 12.7. The average molecular weight is 975 g/mol. The van der Waals surface area contributed by atoms with Gasteiger partial charge < -0.3 is 29.0 Å². The van der Waals surface area contributed by atoms with Crippen molar-refractivity contribution in [2.75, 3.05) is 46.4 Å². The van der Waals surface area contributed by atoms with Crippen LogP contribution >= 0.6 is 11.3 Å².